The molecule has 0 saturated carbocycles. The summed E-state index contributed by atoms with van der Waals surface area (Å²) in [6.07, 6.45) is 0.599. The predicted molar refractivity (Wildman–Crippen MR) is 172 cm³/mol. The zero-order chi connectivity index (χ0) is 30.6. The van der Waals surface area contributed by atoms with Crippen LogP contribution >= 0.6 is 35.0 Å². The van der Waals surface area contributed by atoms with Gasteiger partial charge in [0.15, 0.2) is 0 Å². The van der Waals surface area contributed by atoms with Crippen molar-refractivity contribution >= 4 is 46.6 Å². The minimum atomic E-state index is -0.242. The highest BCUT2D eigenvalue weighted by molar-refractivity contribution is 7.99. The third-order valence-electron chi connectivity index (χ3n) is 7.17. The molecule has 4 aromatic rings. The number of halogens is 2. The van der Waals surface area contributed by atoms with Crippen molar-refractivity contribution in [2.75, 3.05) is 37.3 Å². The summed E-state index contributed by atoms with van der Waals surface area (Å²) in [4.78, 5) is 15.0. The van der Waals surface area contributed by atoms with Gasteiger partial charge < -0.3 is 15.2 Å². The number of β-amino-alcohol motifs (C(OH)–C–C–N with tert-alkyl or cyclic N) is 1. The molecule has 3 aromatic carbocycles. The lowest BCUT2D eigenvalue weighted by atomic mass is 9.87. The van der Waals surface area contributed by atoms with Crippen LogP contribution in [0.25, 0.3) is 16.8 Å². The number of hydrogen-bond acceptors (Lipinski definition) is 8. The Bertz CT molecular complexity index is 1570. The standard InChI is InChI=1S/C31H34Cl2N6O3S/c1-31(2,3)22-7-11-28(26(33)17-22)39-30(35-36-37-39)43-19-29(41)34-27-10-6-21(16-25(27)32)20-4-8-24(9-5-20)42-15-14-38-13-12-23(40)18-38/h4-11,16-17,23,40H,12-15,18-19H2,1-3H3,(H,34,41)/t23-/m0/s1. The molecular weight excluding hydrogens is 607 g/mol. The minimum Gasteiger partial charge on any atom is -0.492 e. The van der Waals surface area contributed by atoms with Gasteiger partial charge in [0, 0.05) is 19.6 Å². The summed E-state index contributed by atoms with van der Waals surface area (Å²) in [5.41, 5.74) is 4.11. The van der Waals surface area contributed by atoms with Gasteiger partial charge in [-0.3, -0.25) is 9.69 Å². The first-order valence-corrected chi connectivity index (χ1v) is 15.8. The highest BCUT2D eigenvalue weighted by atomic mass is 35.5. The number of thioether (sulfide) groups is 1. The number of rotatable bonds is 10. The number of nitrogens with zero attached hydrogens (tertiary/aromatic N) is 5. The highest BCUT2D eigenvalue weighted by Crippen LogP contribution is 2.32. The van der Waals surface area contributed by atoms with Crippen molar-refractivity contribution in [2.24, 2.45) is 0 Å². The predicted octanol–water partition coefficient (Wildman–Crippen LogP) is 6.11. The van der Waals surface area contributed by atoms with E-state index in [1.165, 1.54) is 16.4 Å². The molecule has 0 aliphatic carbocycles. The molecule has 1 fully saturated rings. The molecule has 9 nitrogen and oxygen atoms in total. The summed E-state index contributed by atoms with van der Waals surface area (Å²) < 4.78 is 7.40. The second-order valence-corrected chi connectivity index (χ2v) is 13.2. The van der Waals surface area contributed by atoms with Gasteiger partial charge in [0.1, 0.15) is 12.4 Å². The monoisotopic (exact) mass is 640 g/mol. The molecule has 226 valence electrons. The number of aliphatic hydroxyl groups excluding tert-OH is 1. The number of nitrogens with one attached hydrogen (secondary N) is 1. The molecule has 2 heterocycles. The maximum atomic E-state index is 12.8. The van der Waals surface area contributed by atoms with E-state index < -0.39 is 0 Å². The molecule has 2 N–H and O–H groups in total. The molecule has 0 radical (unpaired) electrons. The quantitative estimate of drug-likeness (QED) is 0.200. The van der Waals surface area contributed by atoms with Gasteiger partial charge in [0.25, 0.3) is 0 Å². The molecule has 0 spiro atoms. The number of ether oxygens (including phenoxy) is 1. The molecule has 1 aromatic heterocycles. The van der Waals surface area contributed by atoms with Crippen molar-refractivity contribution in [3.05, 3.63) is 76.3 Å². The maximum Gasteiger partial charge on any atom is 0.234 e. The largest absolute Gasteiger partial charge is 0.492 e. The van der Waals surface area contributed by atoms with E-state index in [9.17, 15) is 9.90 Å². The summed E-state index contributed by atoms with van der Waals surface area (Å²) in [5, 5.41) is 25.8. The Morgan fingerprint density at radius 2 is 1.84 bits per heavy atom. The Labute approximate surface area is 265 Å². The van der Waals surface area contributed by atoms with Crippen molar-refractivity contribution in [3.63, 3.8) is 0 Å². The number of carbonyl (C=O) groups excluding carboxylic acids is 1. The van der Waals surface area contributed by atoms with Gasteiger partial charge >= 0.3 is 0 Å². The lowest BCUT2D eigenvalue weighted by Crippen LogP contribution is -2.27. The van der Waals surface area contributed by atoms with Crippen LogP contribution < -0.4 is 10.1 Å². The molecule has 0 unspecified atom stereocenters. The lowest BCUT2D eigenvalue weighted by Gasteiger charge is -2.20. The molecule has 43 heavy (non-hydrogen) atoms. The first kappa shape index (κ1) is 31.3. The fourth-order valence-corrected chi connectivity index (χ4v) is 5.90. The second-order valence-electron chi connectivity index (χ2n) is 11.4. The van der Waals surface area contributed by atoms with Crippen LogP contribution in [0.4, 0.5) is 5.69 Å². The first-order valence-electron chi connectivity index (χ1n) is 14.0. The van der Waals surface area contributed by atoms with Crippen molar-refractivity contribution < 1.29 is 14.6 Å². The molecule has 1 atom stereocenters. The van der Waals surface area contributed by atoms with E-state index in [0.717, 1.165) is 42.0 Å². The molecule has 1 amide bonds. The van der Waals surface area contributed by atoms with Crippen LogP contribution in [0.15, 0.2) is 65.8 Å². The van der Waals surface area contributed by atoms with Crippen molar-refractivity contribution in [3.8, 4) is 22.6 Å². The SMILES string of the molecule is CC(C)(C)c1ccc(-n2nnnc2SCC(=O)Nc2ccc(-c3ccc(OCCN4CC[C@H](O)C4)cc3)cc2Cl)c(Cl)c1. The normalized spacial score (nSPS) is 15.5. The van der Waals surface area contributed by atoms with Gasteiger partial charge in [0.05, 0.1) is 33.3 Å². The minimum absolute atomic E-state index is 0.0444. The number of tetrazole rings is 1. The zero-order valence-electron chi connectivity index (χ0n) is 24.3. The fraction of sp³-hybridized carbons (Fsp3) is 0.355. The zero-order valence-corrected chi connectivity index (χ0v) is 26.6. The van der Waals surface area contributed by atoms with Gasteiger partial charge in [-0.15, -0.1) is 5.10 Å². The average Bonchev–Trinajstić information content (AvgIpc) is 3.61. The van der Waals surface area contributed by atoms with Gasteiger partial charge in [-0.05, 0) is 75.4 Å². The molecule has 1 aliphatic heterocycles. The van der Waals surface area contributed by atoms with E-state index >= 15 is 0 Å². The van der Waals surface area contributed by atoms with Crippen molar-refractivity contribution in [2.45, 2.75) is 43.9 Å². The van der Waals surface area contributed by atoms with E-state index in [-0.39, 0.29) is 23.2 Å². The van der Waals surface area contributed by atoms with Crippen LogP contribution in [-0.4, -0.2) is 74.2 Å². The number of carbonyl (C=O) groups is 1. The Morgan fingerprint density at radius 3 is 2.51 bits per heavy atom. The van der Waals surface area contributed by atoms with Crippen LogP contribution in [-0.2, 0) is 10.2 Å². The third kappa shape index (κ3) is 8.07. The summed E-state index contributed by atoms with van der Waals surface area (Å²) in [6, 6.07) is 19.1. The van der Waals surface area contributed by atoms with Gasteiger partial charge in [-0.25, -0.2) is 0 Å². The third-order valence-corrected chi connectivity index (χ3v) is 8.70. The van der Waals surface area contributed by atoms with Crippen LogP contribution in [0, 0.1) is 0 Å². The van der Waals surface area contributed by atoms with Gasteiger partial charge in [0.2, 0.25) is 11.1 Å². The Kier molecular flexibility index (Phi) is 9.93. The Balaban J connectivity index is 1.15. The smallest absolute Gasteiger partial charge is 0.234 e. The van der Waals surface area contributed by atoms with E-state index in [1.807, 2.05) is 54.6 Å². The maximum absolute atomic E-state index is 12.8. The Hall–Kier alpha value is -3.15. The number of aromatic nitrogens is 4. The highest BCUT2D eigenvalue weighted by Gasteiger charge is 2.20. The number of anilines is 1. The molecule has 0 bridgehead atoms. The van der Waals surface area contributed by atoms with E-state index in [2.05, 4.69) is 46.5 Å². The van der Waals surface area contributed by atoms with Crippen LogP contribution in [0.3, 0.4) is 0 Å². The summed E-state index contributed by atoms with van der Waals surface area (Å²) in [7, 11) is 0. The molecular formula is C31H34Cl2N6O3S. The van der Waals surface area contributed by atoms with Gasteiger partial charge in [-0.2, -0.15) is 4.68 Å². The van der Waals surface area contributed by atoms with Crippen LogP contribution in [0.2, 0.25) is 10.0 Å². The van der Waals surface area contributed by atoms with Crippen molar-refractivity contribution in [1.29, 1.82) is 0 Å². The topological polar surface area (TPSA) is 105 Å². The first-order chi connectivity index (χ1) is 20.6. The summed E-state index contributed by atoms with van der Waals surface area (Å²) in [6.45, 7) is 9.33. The van der Waals surface area contributed by atoms with E-state index in [4.69, 9.17) is 27.9 Å². The summed E-state index contributed by atoms with van der Waals surface area (Å²) >= 11 is 14.3. The number of hydrogen-bond donors (Lipinski definition) is 2. The molecule has 5 rings (SSSR count). The Morgan fingerprint density at radius 1 is 1.07 bits per heavy atom. The fourth-order valence-electron chi connectivity index (χ4n) is 4.73. The number of benzene rings is 3. The van der Waals surface area contributed by atoms with E-state index in [1.54, 1.807) is 6.07 Å². The number of amides is 1. The van der Waals surface area contributed by atoms with Crippen LogP contribution in [0.5, 0.6) is 5.75 Å². The lowest BCUT2D eigenvalue weighted by molar-refractivity contribution is -0.113. The average molecular weight is 642 g/mol. The van der Waals surface area contributed by atoms with Crippen molar-refractivity contribution in [1.82, 2.24) is 25.1 Å². The number of aliphatic hydroxyl groups is 1. The molecule has 1 aliphatic rings. The van der Waals surface area contributed by atoms with Crippen LogP contribution in [0.1, 0.15) is 32.8 Å². The number of likely N-dealkylation sites (tertiary alicyclic amines) is 1. The summed E-state index contributed by atoms with van der Waals surface area (Å²) in [5.74, 6) is 0.621. The van der Waals surface area contributed by atoms with Gasteiger partial charge in [-0.1, -0.05) is 80.0 Å². The second kappa shape index (κ2) is 13.7. The van der Waals surface area contributed by atoms with E-state index in [0.29, 0.717) is 39.7 Å². The molecule has 12 heteroatoms. The molecule has 1 saturated heterocycles.